The number of fused-ring (bicyclic) bond motifs is 7. The molecule has 17 heteroatoms. The molecule has 8 aliphatic rings. The summed E-state index contributed by atoms with van der Waals surface area (Å²) in [6.45, 7) is 13.7. The minimum absolute atomic E-state index is 0.00150. The summed E-state index contributed by atoms with van der Waals surface area (Å²) in [5, 5.41) is 97.3. The van der Waals surface area contributed by atoms with Gasteiger partial charge in [0.25, 0.3) is 0 Å². The van der Waals surface area contributed by atoms with E-state index in [-0.39, 0.29) is 39.9 Å². The molecular formula is C47H74O17. The van der Waals surface area contributed by atoms with Crippen molar-refractivity contribution < 1.29 is 84.0 Å². The van der Waals surface area contributed by atoms with Crippen molar-refractivity contribution in [3.8, 4) is 0 Å². The van der Waals surface area contributed by atoms with Gasteiger partial charge in [0.2, 0.25) is 0 Å². The largest absolute Gasteiger partial charge is 0.394 e. The lowest BCUT2D eigenvalue weighted by Gasteiger charge is -2.72. The van der Waals surface area contributed by atoms with Gasteiger partial charge in [0.15, 0.2) is 18.9 Å². The van der Waals surface area contributed by atoms with Gasteiger partial charge in [-0.25, -0.2) is 0 Å². The van der Waals surface area contributed by atoms with E-state index in [4.69, 9.17) is 28.4 Å². The molecule has 4 saturated carbocycles. The molecular weight excluding hydrogens is 837 g/mol. The van der Waals surface area contributed by atoms with E-state index < -0.39 is 128 Å². The fraction of sp³-hybridized carbons (Fsp3) is 0.915. The summed E-state index contributed by atoms with van der Waals surface area (Å²) in [4.78, 5) is 26.8. The van der Waals surface area contributed by atoms with E-state index in [0.29, 0.717) is 32.1 Å². The van der Waals surface area contributed by atoms with Crippen LogP contribution in [0.5, 0.6) is 0 Å². The molecule has 0 amide bonds. The van der Waals surface area contributed by atoms with Crippen molar-refractivity contribution in [3.63, 3.8) is 0 Å². The van der Waals surface area contributed by atoms with Crippen LogP contribution in [0, 0.1) is 56.2 Å². The normalized spacial score (nSPS) is 57.1. The van der Waals surface area contributed by atoms with Gasteiger partial charge in [-0.15, -0.1) is 0 Å². The first kappa shape index (κ1) is 48.9. The van der Waals surface area contributed by atoms with Crippen molar-refractivity contribution >= 4 is 12.6 Å². The summed E-state index contributed by atoms with van der Waals surface area (Å²) >= 11 is 0. The van der Waals surface area contributed by atoms with Crippen molar-refractivity contribution in [1.29, 1.82) is 0 Å². The lowest BCUT2D eigenvalue weighted by molar-refractivity contribution is -0.392. The van der Waals surface area contributed by atoms with Gasteiger partial charge in [-0.1, -0.05) is 53.7 Å². The number of hydrogen-bond acceptors (Lipinski definition) is 17. The zero-order chi connectivity index (χ0) is 46.7. The lowest BCUT2D eigenvalue weighted by Crippen LogP contribution is -2.69. The summed E-state index contributed by atoms with van der Waals surface area (Å²) in [6.07, 6.45) is -11.5. The van der Waals surface area contributed by atoms with E-state index >= 15 is 0 Å². The summed E-state index contributed by atoms with van der Waals surface area (Å²) in [6, 6.07) is 0. The number of allylic oxidation sites excluding steroid dienone is 2. The number of carbonyl (C=O) groups excluding carboxylic acids is 2. The predicted octanol–water partition coefficient (Wildman–Crippen LogP) is 0.493. The van der Waals surface area contributed by atoms with Crippen LogP contribution < -0.4 is 0 Å². The summed E-state index contributed by atoms with van der Waals surface area (Å²) in [7, 11) is 0. The second kappa shape index (κ2) is 17.2. The van der Waals surface area contributed by atoms with E-state index in [9.17, 15) is 55.5 Å². The van der Waals surface area contributed by atoms with Gasteiger partial charge in [-0.2, -0.15) is 0 Å². The molecule has 0 spiro atoms. The van der Waals surface area contributed by atoms with Crippen LogP contribution in [0.15, 0.2) is 12.2 Å². The molecule has 17 nitrogen and oxygen atoms in total. The first-order valence-electron chi connectivity index (χ1n) is 23.5. The summed E-state index contributed by atoms with van der Waals surface area (Å²) in [5.41, 5.74) is -2.88. The van der Waals surface area contributed by atoms with Gasteiger partial charge in [0, 0.05) is 0 Å². The van der Waals surface area contributed by atoms with Gasteiger partial charge in [0.05, 0.1) is 42.4 Å². The number of aldehydes is 2. The average Bonchev–Trinajstić information content (AvgIpc) is 3.24. The minimum Gasteiger partial charge on any atom is -0.394 e. The average molecular weight is 911 g/mol. The first-order chi connectivity index (χ1) is 30.0. The molecule has 8 rings (SSSR count). The fourth-order valence-corrected chi connectivity index (χ4v) is 14.7. The minimum atomic E-state index is -1.87. The topological polar surface area (TPSA) is 272 Å². The first-order valence-corrected chi connectivity index (χ1v) is 23.5. The molecule has 0 bridgehead atoms. The number of rotatable bonds is 9. The highest BCUT2D eigenvalue weighted by Crippen LogP contribution is 2.75. The third-order valence-electron chi connectivity index (χ3n) is 18.9. The Morgan fingerprint density at radius 1 is 0.672 bits per heavy atom. The van der Waals surface area contributed by atoms with Gasteiger partial charge < -0.3 is 84.0 Å². The third kappa shape index (κ3) is 7.36. The molecule has 25 atom stereocenters. The molecule has 3 aliphatic heterocycles. The fourth-order valence-electron chi connectivity index (χ4n) is 14.7. The standard InChI is InChI=1S/C47H74O17/c1-22-31(53)37(63-39-35(57)32(54)25(51)19-59-39)38(64-40-36(58)34(56)33(55)26(18-48)61-40)41(60-22)62-30-11-12-43(4)27(44(30,5)20-49)10-13-45(6)28(43)9-8-23-24-16-42(2,3)14-15-47(24,21-50)29(52)17-46(23,45)7/h8-9,20-41,48,51-58H,10-19H2,1-7H3/t22?,23?,24-,25?,26?,27+,28+,29+,30-,31?,32?,33?,34?,35?,36?,37?,38?,39?,40?,41?,43-,44-,45+,46+,47+/m0/s1. The number of aliphatic hydroxyl groups excluding tert-OH is 9. The molecule has 5 aliphatic carbocycles. The van der Waals surface area contributed by atoms with Crippen LogP contribution in [0.4, 0.5) is 0 Å². The van der Waals surface area contributed by atoms with Gasteiger partial charge in [-0.05, 0) is 104 Å². The zero-order valence-electron chi connectivity index (χ0n) is 38.2. The van der Waals surface area contributed by atoms with E-state index in [2.05, 4.69) is 46.8 Å². The van der Waals surface area contributed by atoms with E-state index in [0.717, 1.165) is 31.8 Å². The second-order valence-electron chi connectivity index (χ2n) is 22.7. The Kier molecular flexibility index (Phi) is 13.1. The number of carbonyl (C=O) groups is 2. The van der Waals surface area contributed by atoms with Crippen LogP contribution in [0.1, 0.15) is 99.8 Å². The number of aliphatic hydroxyl groups is 9. The van der Waals surface area contributed by atoms with Gasteiger partial charge >= 0.3 is 0 Å². The maximum absolute atomic E-state index is 13.8. The Balaban J connectivity index is 1.10. The predicted molar refractivity (Wildman–Crippen MR) is 223 cm³/mol. The number of ether oxygens (including phenoxy) is 6. The molecule has 0 aromatic carbocycles. The Morgan fingerprint density at radius 2 is 1.36 bits per heavy atom. The van der Waals surface area contributed by atoms with Crippen molar-refractivity contribution in [2.24, 2.45) is 56.2 Å². The third-order valence-corrected chi connectivity index (χ3v) is 18.9. The summed E-state index contributed by atoms with van der Waals surface area (Å²) < 4.78 is 36.8. The van der Waals surface area contributed by atoms with E-state index in [1.807, 2.05) is 6.92 Å². The monoisotopic (exact) mass is 910 g/mol. The quantitative estimate of drug-likeness (QED) is 0.0866. The molecule has 64 heavy (non-hydrogen) atoms. The maximum atomic E-state index is 13.8. The van der Waals surface area contributed by atoms with E-state index in [1.54, 1.807) is 6.92 Å². The summed E-state index contributed by atoms with van der Waals surface area (Å²) in [5.74, 6) is -0.0928. The molecule has 3 heterocycles. The smallest absolute Gasteiger partial charge is 0.187 e. The second-order valence-corrected chi connectivity index (χ2v) is 22.7. The number of hydrogen-bond donors (Lipinski definition) is 9. The van der Waals surface area contributed by atoms with Crippen molar-refractivity contribution in [2.45, 2.75) is 198 Å². The van der Waals surface area contributed by atoms with Crippen LogP contribution >= 0.6 is 0 Å². The highest BCUT2D eigenvalue weighted by atomic mass is 16.8. The highest BCUT2D eigenvalue weighted by molar-refractivity contribution is 5.63. The zero-order valence-corrected chi connectivity index (χ0v) is 38.2. The Hall–Kier alpha value is -1.52. The SMILES string of the molecule is CC1OC(O[C@H]2CC[C@]3(C)[C@H]4C=CC5[C@@H]6CC(C)(C)CC[C@]6(C=O)[C@H](O)C[C@@]5(C)[C@]4(C)CC[C@H]3[C@]2(C)C=O)C(OC2OC(CO)C(O)C(O)C2O)C(OC2OCC(O)C(O)C2O)C1O. The van der Waals surface area contributed by atoms with Gasteiger partial charge in [-0.3, -0.25) is 0 Å². The van der Waals surface area contributed by atoms with Crippen LogP contribution in [0.3, 0.4) is 0 Å². The molecule has 3 saturated heterocycles. The van der Waals surface area contributed by atoms with Crippen molar-refractivity contribution in [3.05, 3.63) is 12.2 Å². The van der Waals surface area contributed by atoms with E-state index in [1.165, 1.54) is 0 Å². The van der Waals surface area contributed by atoms with Crippen LogP contribution in [-0.2, 0) is 38.0 Å². The molecule has 15 unspecified atom stereocenters. The lowest BCUT2D eigenvalue weighted by atomic mass is 9.32. The molecule has 0 aromatic rings. The highest BCUT2D eigenvalue weighted by Gasteiger charge is 2.72. The molecule has 0 radical (unpaired) electrons. The van der Waals surface area contributed by atoms with Gasteiger partial charge in [0.1, 0.15) is 73.6 Å². The van der Waals surface area contributed by atoms with Crippen LogP contribution in [0.25, 0.3) is 0 Å². The van der Waals surface area contributed by atoms with Crippen molar-refractivity contribution in [2.75, 3.05) is 13.2 Å². The van der Waals surface area contributed by atoms with Crippen molar-refractivity contribution in [1.82, 2.24) is 0 Å². The maximum Gasteiger partial charge on any atom is 0.187 e. The Morgan fingerprint density at radius 3 is 2.03 bits per heavy atom. The van der Waals surface area contributed by atoms with Crippen LogP contribution in [-0.4, -0.2) is 170 Å². The molecule has 364 valence electrons. The Labute approximate surface area is 375 Å². The molecule has 9 N–H and O–H groups in total. The molecule has 7 fully saturated rings. The Bertz CT molecular complexity index is 1750. The molecule has 0 aromatic heterocycles. The van der Waals surface area contributed by atoms with Crippen LogP contribution in [0.2, 0.25) is 0 Å².